The van der Waals surface area contributed by atoms with Crippen LogP contribution in [0, 0.1) is 22.0 Å². The van der Waals surface area contributed by atoms with Crippen LogP contribution in [0.15, 0.2) is 52.8 Å². The fourth-order valence-corrected chi connectivity index (χ4v) is 6.02. The van der Waals surface area contributed by atoms with Gasteiger partial charge in [0.05, 0.1) is 16.3 Å². The number of thiazole rings is 1. The third-order valence-electron chi connectivity index (χ3n) is 7.28. The van der Waals surface area contributed by atoms with Gasteiger partial charge in [0.1, 0.15) is 0 Å². The molecule has 0 amide bonds. The zero-order valence-corrected chi connectivity index (χ0v) is 20.8. The zero-order valence-electron chi connectivity index (χ0n) is 20.0. The molecule has 33 heavy (non-hydrogen) atoms. The first-order valence-electron chi connectivity index (χ1n) is 12.0. The standard InChI is InChI=1S/C27H33N3O2S/c1-5-20-10-8-11-21(6-2)26(20)28-27-29(24-12-7-9-18(3)19(24)4)25(17-33-27)22-13-15-23(16-14-22)30(31)32/h8,10-11,13-19,24H,5-7,9,12H2,1-4H3. The van der Waals surface area contributed by atoms with Gasteiger partial charge in [-0.1, -0.05) is 58.7 Å². The van der Waals surface area contributed by atoms with Gasteiger partial charge in [-0.25, -0.2) is 4.99 Å². The molecule has 5 nitrogen and oxygen atoms in total. The second-order valence-corrected chi connectivity index (χ2v) is 9.99. The summed E-state index contributed by atoms with van der Waals surface area (Å²) < 4.78 is 2.43. The highest BCUT2D eigenvalue weighted by Crippen LogP contribution is 2.40. The van der Waals surface area contributed by atoms with Crippen LogP contribution in [0.5, 0.6) is 0 Å². The maximum absolute atomic E-state index is 11.2. The minimum atomic E-state index is -0.342. The van der Waals surface area contributed by atoms with Crippen molar-refractivity contribution in [1.82, 2.24) is 4.57 Å². The zero-order chi connectivity index (χ0) is 23.5. The monoisotopic (exact) mass is 463 g/mol. The molecule has 3 aromatic rings. The van der Waals surface area contributed by atoms with Crippen molar-refractivity contribution in [2.45, 2.75) is 65.8 Å². The van der Waals surface area contributed by atoms with E-state index in [2.05, 4.69) is 55.8 Å². The molecule has 0 spiro atoms. The highest BCUT2D eigenvalue weighted by Gasteiger charge is 2.30. The highest BCUT2D eigenvalue weighted by atomic mass is 32.1. The van der Waals surface area contributed by atoms with Crippen molar-refractivity contribution in [3.63, 3.8) is 0 Å². The van der Waals surface area contributed by atoms with Crippen molar-refractivity contribution in [2.75, 3.05) is 0 Å². The molecule has 6 heteroatoms. The molecule has 1 fully saturated rings. The molecule has 174 valence electrons. The molecule has 0 N–H and O–H groups in total. The maximum atomic E-state index is 11.2. The molecule has 1 aliphatic carbocycles. The number of nitrogens with zero attached hydrogens (tertiary/aromatic N) is 3. The van der Waals surface area contributed by atoms with E-state index >= 15 is 0 Å². The van der Waals surface area contributed by atoms with Crippen LogP contribution in [0.25, 0.3) is 11.3 Å². The van der Waals surface area contributed by atoms with Gasteiger partial charge in [-0.2, -0.15) is 0 Å². The summed E-state index contributed by atoms with van der Waals surface area (Å²) in [6.45, 7) is 9.08. The molecular formula is C27H33N3O2S. The number of benzene rings is 2. The first-order chi connectivity index (χ1) is 15.9. The number of hydrogen-bond donors (Lipinski definition) is 0. The minimum absolute atomic E-state index is 0.120. The molecule has 1 aromatic heterocycles. The van der Waals surface area contributed by atoms with Crippen molar-refractivity contribution in [3.8, 4) is 11.3 Å². The van der Waals surface area contributed by atoms with E-state index in [0.717, 1.165) is 41.0 Å². The first kappa shape index (κ1) is 23.4. The average Bonchev–Trinajstić information content (AvgIpc) is 3.24. The van der Waals surface area contributed by atoms with Crippen LogP contribution in [-0.2, 0) is 12.8 Å². The number of aryl methyl sites for hydroxylation is 2. The molecule has 1 heterocycles. The van der Waals surface area contributed by atoms with Gasteiger partial charge in [-0.05, 0) is 59.9 Å². The topological polar surface area (TPSA) is 60.4 Å². The molecule has 3 atom stereocenters. The Hall–Kier alpha value is -2.73. The Balaban J connectivity index is 1.92. The summed E-state index contributed by atoms with van der Waals surface area (Å²) in [5.41, 5.74) is 5.88. The number of hydrogen-bond acceptors (Lipinski definition) is 4. The smallest absolute Gasteiger partial charge is 0.269 e. The normalized spacial score (nSPS) is 21.3. The molecule has 1 aliphatic rings. The fraction of sp³-hybridized carbons (Fsp3) is 0.444. The molecule has 0 radical (unpaired) electrons. The highest BCUT2D eigenvalue weighted by molar-refractivity contribution is 7.07. The van der Waals surface area contributed by atoms with E-state index in [1.165, 1.54) is 24.0 Å². The van der Waals surface area contributed by atoms with Crippen molar-refractivity contribution >= 4 is 22.7 Å². The van der Waals surface area contributed by atoms with E-state index in [0.29, 0.717) is 17.9 Å². The second-order valence-electron chi connectivity index (χ2n) is 9.16. The molecule has 2 aromatic carbocycles. The number of rotatable bonds is 6. The Morgan fingerprint density at radius 1 is 1.06 bits per heavy atom. The van der Waals surface area contributed by atoms with Gasteiger partial charge in [0, 0.05) is 23.6 Å². The summed E-state index contributed by atoms with van der Waals surface area (Å²) in [6.07, 6.45) is 5.50. The maximum Gasteiger partial charge on any atom is 0.269 e. The van der Waals surface area contributed by atoms with Crippen LogP contribution in [0.1, 0.15) is 64.1 Å². The van der Waals surface area contributed by atoms with Crippen LogP contribution >= 0.6 is 11.3 Å². The Morgan fingerprint density at radius 3 is 2.33 bits per heavy atom. The van der Waals surface area contributed by atoms with Crippen molar-refractivity contribution in [3.05, 3.63) is 73.9 Å². The third kappa shape index (κ3) is 4.67. The fourth-order valence-electron chi connectivity index (χ4n) is 5.06. The van der Waals surface area contributed by atoms with Gasteiger partial charge < -0.3 is 4.57 Å². The lowest BCUT2D eigenvalue weighted by atomic mass is 9.78. The summed E-state index contributed by atoms with van der Waals surface area (Å²) >= 11 is 1.67. The van der Waals surface area contributed by atoms with E-state index in [1.807, 2.05) is 12.1 Å². The summed E-state index contributed by atoms with van der Waals surface area (Å²) in [5, 5.41) is 13.3. The van der Waals surface area contributed by atoms with E-state index in [4.69, 9.17) is 4.99 Å². The average molecular weight is 464 g/mol. The molecule has 0 saturated heterocycles. The van der Waals surface area contributed by atoms with Crippen molar-refractivity contribution in [1.29, 1.82) is 0 Å². The predicted molar refractivity (Wildman–Crippen MR) is 136 cm³/mol. The lowest BCUT2D eigenvalue weighted by Gasteiger charge is -2.36. The number of nitro groups is 1. The summed E-state index contributed by atoms with van der Waals surface area (Å²) in [7, 11) is 0. The minimum Gasteiger partial charge on any atom is -0.313 e. The van der Waals surface area contributed by atoms with Gasteiger partial charge in [0.2, 0.25) is 0 Å². The van der Waals surface area contributed by atoms with Gasteiger partial charge in [-0.15, -0.1) is 11.3 Å². The predicted octanol–water partition coefficient (Wildman–Crippen LogP) is 7.48. The van der Waals surface area contributed by atoms with Gasteiger partial charge in [0.25, 0.3) is 5.69 Å². The molecule has 4 rings (SSSR count). The molecule has 0 bridgehead atoms. The van der Waals surface area contributed by atoms with Crippen LogP contribution in [0.4, 0.5) is 11.4 Å². The molecular weight excluding hydrogens is 430 g/mol. The SMILES string of the molecule is CCc1cccc(CC)c1N=c1scc(-c2ccc([N+](=O)[O-])cc2)n1C1CCCC(C)C1C. The van der Waals surface area contributed by atoms with Crippen LogP contribution < -0.4 is 4.80 Å². The van der Waals surface area contributed by atoms with Crippen molar-refractivity contribution < 1.29 is 4.92 Å². The van der Waals surface area contributed by atoms with Crippen molar-refractivity contribution in [2.24, 2.45) is 16.8 Å². The van der Waals surface area contributed by atoms with Crippen LogP contribution in [0.2, 0.25) is 0 Å². The Morgan fingerprint density at radius 2 is 1.73 bits per heavy atom. The lowest BCUT2D eigenvalue weighted by molar-refractivity contribution is -0.384. The van der Waals surface area contributed by atoms with Gasteiger partial charge in [-0.3, -0.25) is 10.1 Å². The van der Waals surface area contributed by atoms with E-state index in [1.54, 1.807) is 23.5 Å². The summed E-state index contributed by atoms with van der Waals surface area (Å²) in [6, 6.07) is 13.8. The molecule has 1 saturated carbocycles. The van der Waals surface area contributed by atoms with Crippen LogP contribution in [0.3, 0.4) is 0 Å². The Bertz CT molecular complexity index is 1170. The second kappa shape index (κ2) is 10.0. The number of non-ortho nitro benzene ring substituents is 1. The van der Waals surface area contributed by atoms with Gasteiger partial charge in [0.15, 0.2) is 4.80 Å². The Labute approximate surface area is 200 Å². The van der Waals surface area contributed by atoms with Crippen LogP contribution in [-0.4, -0.2) is 9.49 Å². The molecule has 0 aliphatic heterocycles. The van der Waals surface area contributed by atoms with E-state index in [-0.39, 0.29) is 10.6 Å². The molecule has 3 unspecified atom stereocenters. The third-order valence-corrected chi connectivity index (χ3v) is 8.12. The number of aromatic nitrogens is 1. The van der Waals surface area contributed by atoms with Gasteiger partial charge >= 0.3 is 0 Å². The number of para-hydroxylation sites is 1. The summed E-state index contributed by atoms with van der Waals surface area (Å²) in [5.74, 6) is 1.19. The lowest BCUT2D eigenvalue weighted by Crippen LogP contribution is -2.32. The largest absolute Gasteiger partial charge is 0.313 e. The van der Waals surface area contributed by atoms with E-state index < -0.39 is 0 Å². The first-order valence-corrected chi connectivity index (χ1v) is 12.9. The quantitative estimate of drug-likeness (QED) is 0.281. The summed E-state index contributed by atoms with van der Waals surface area (Å²) in [4.78, 5) is 17.1. The number of nitro benzene ring substituents is 1. The van der Waals surface area contributed by atoms with E-state index in [9.17, 15) is 10.1 Å². The Kier molecular flexibility index (Phi) is 7.13.